The van der Waals surface area contributed by atoms with Crippen LogP contribution in [0.3, 0.4) is 0 Å². The Hall–Kier alpha value is -2.90. The van der Waals surface area contributed by atoms with Gasteiger partial charge in [-0.05, 0) is 73.4 Å². The number of aromatic hydroxyl groups is 1. The Kier molecular flexibility index (Phi) is 8.81. The first-order chi connectivity index (χ1) is 19.4. The van der Waals surface area contributed by atoms with E-state index in [1.165, 1.54) is 21.6 Å². The van der Waals surface area contributed by atoms with Crippen molar-refractivity contribution in [3.05, 3.63) is 58.7 Å². The lowest BCUT2D eigenvalue weighted by molar-refractivity contribution is -0.140. The molecule has 3 aliphatic rings. The van der Waals surface area contributed by atoms with Crippen LogP contribution in [0.5, 0.6) is 5.75 Å². The zero-order chi connectivity index (χ0) is 28.4. The van der Waals surface area contributed by atoms with Crippen molar-refractivity contribution in [2.24, 2.45) is 17.8 Å². The second-order valence-electron chi connectivity index (χ2n) is 11.7. The molecule has 2 saturated heterocycles. The summed E-state index contributed by atoms with van der Waals surface area (Å²) in [5.74, 6) is -0.649. The molecule has 6 nitrogen and oxygen atoms in total. The molecule has 5 rings (SSSR count). The molecule has 0 saturated carbocycles. The second kappa shape index (κ2) is 12.3. The van der Waals surface area contributed by atoms with Gasteiger partial charge in [-0.25, -0.2) is 0 Å². The Balaban J connectivity index is 1.45. The van der Waals surface area contributed by atoms with E-state index in [1.54, 1.807) is 6.07 Å². The van der Waals surface area contributed by atoms with Crippen LogP contribution < -0.4 is 0 Å². The van der Waals surface area contributed by atoms with Crippen molar-refractivity contribution in [2.75, 3.05) is 6.54 Å². The topological polar surface area (TPSA) is 87.1 Å². The van der Waals surface area contributed by atoms with Gasteiger partial charge in [-0.1, -0.05) is 81.2 Å². The number of imide groups is 1. The van der Waals surface area contributed by atoms with Gasteiger partial charge < -0.3 is 14.8 Å². The van der Waals surface area contributed by atoms with Gasteiger partial charge in [-0.3, -0.25) is 14.5 Å². The number of hydrogen-bond donors (Lipinski definition) is 2. The average molecular weight is 544 g/mol. The number of allylic oxidation sites excluding steroid dienone is 2. The highest BCUT2D eigenvalue weighted by atomic mass is 16.5. The predicted octanol–water partition coefficient (Wildman–Crippen LogP) is 6.52. The van der Waals surface area contributed by atoms with E-state index >= 15 is 0 Å². The summed E-state index contributed by atoms with van der Waals surface area (Å²) in [6.45, 7) is 6.78. The molecule has 0 bridgehead atoms. The second-order valence-corrected chi connectivity index (χ2v) is 11.7. The Morgan fingerprint density at radius 1 is 1.00 bits per heavy atom. The number of carbonyl (C=O) groups is 2. The van der Waals surface area contributed by atoms with Gasteiger partial charge in [0.05, 0.1) is 17.9 Å². The highest BCUT2D eigenvalue weighted by Crippen LogP contribution is 2.51. The standard InChI is InChI=1S/C33H42BNO5/c1-4-9-21(18-22-14-15-28(36)25-12-8-7-11-24(22)25)13-16-29-30-23(10-5-2)19-26-31(27(30)20-34(39)40-29)33(38)35(17-6-3)32(26)37/h7-8,11-12,14-15,18,26-27,29,31,36,39H,4-6,9-10,13,16-17,19-20H2,1-3H3/b21-18+/t26-,27+,29-,31-/m1/s1. The highest BCUT2D eigenvalue weighted by Gasteiger charge is 2.56. The Labute approximate surface area is 238 Å². The zero-order valence-electron chi connectivity index (χ0n) is 24.1. The molecule has 2 amide bonds. The number of benzene rings is 2. The van der Waals surface area contributed by atoms with Crippen molar-refractivity contribution < 1.29 is 24.4 Å². The van der Waals surface area contributed by atoms with Gasteiger partial charge in [0.25, 0.3) is 0 Å². The van der Waals surface area contributed by atoms with E-state index in [0.29, 0.717) is 19.3 Å². The van der Waals surface area contributed by atoms with Crippen molar-refractivity contribution >= 4 is 35.8 Å². The minimum absolute atomic E-state index is 0.0312. The third kappa shape index (κ3) is 5.38. The summed E-state index contributed by atoms with van der Waals surface area (Å²) in [6.07, 6.45) is 9.05. The highest BCUT2D eigenvalue weighted by molar-refractivity contribution is 6.43. The maximum absolute atomic E-state index is 13.5. The van der Waals surface area contributed by atoms with Crippen LogP contribution in [-0.4, -0.2) is 46.6 Å². The van der Waals surface area contributed by atoms with E-state index in [9.17, 15) is 19.7 Å². The van der Waals surface area contributed by atoms with E-state index in [-0.39, 0.29) is 41.4 Å². The summed E-state index contributed by atoms with van der Waals surface area (Å²) < 4.78 is 6.21. The first-order valence-corrected chi connectivity index (χ1v) is 15.2. The van der Waals surface area contributed by atoms with E-state index in [4.69, 9.17) is 4.65 Å². The first kappa shape index (κ1) is 28.6. The van der Waals surface area contributed by atoms with E-state index in [1.807, 2.05) is 37.3 Å². The normalized spacial score (nSPS) is 25.1. The number of amides is 2. The third-order valence-corrected chi connectivity index (χ3v) is 8.99. The number of rotatable bonds is 10. The Morgan fingerprint density at radius 2 is 1.77 bits per heavy atom. The molecule has 40 heavy (non-hydrogen) atoms. The first-order valence-electron chi connectivity index (χ1n) is 15.2. The summed E-state index contributed by atoms with van der Waals surface area (Å²) in [5.41, 5.74) is 4.82. The van der Waals surface area contributed by atoms with Crippen LogP contribution in [-0.2, 0) is 14.2 Å². The average Bonchev–Trinajstić information content (AvgIpc) is 3.18. The van der Waals surface area contributed by atoms with Crippen molar-refractivity contribution in [3.8, 4) is 5.75 Å². The molecule has 2 fully saturated rings. The van der Waals surface area contributed by atoms with Crippen LogP contribution in [0.25, 0.3) is 16.8 Å². The summed E-state index contributed by atoms with van der Waals surface area (Å²) in [7, 11) is -0.942. The minimum Gasteiger partial charge on any atom is -0.507 e. The number of carbonyl (C=O) groups excluding carboxylic acids is 2. The smallest absolute Gasteiger partial charge is 0.455 e. The molecule has 2 aromatic rings. The lowest BCUT2D eigenvalue weighted by Gasteiger charge is -2.43. The molecule has 212 valence electrons. The molecule has 2 aromatic carbocycles. The number of phenolic OH excluding ortho intramolecular Hbond substituents is 1. The van der Waals surface area contributed by atoms with Crippen LogP contribution in [0.4, 0.5) is 0 Å². The quantitative estimate of drug-likeness (QED) is 0.203. The van der Waals surface area contributed by atoms with Gasteiger partial charge in [0, 0.05) is 11.9 Å². The van der Waals surface area contributed by atoms with Crippen molar-refractivity contribution in [3.63, 3.8) is 0 Å². The Bertz CT molecular complexity index is 1330. The van der Waals surface area contributed by atoms with Gasteiger partial charge in [-0.2, -0.15) is 0 Å². The SMILES string of the molecule is CCCC1=C2[C@@H](CC/C(=C/c3ccc(O)c4ccccc34)CCC)OB(O)C[C@@H]2[C@@H]2C(=O)N(CCC)C(=O)[C@@H]2C1. The fraction of sp³-hybridized carbons (Fsp3) is 0.515. The molecular formula is C33H42BNO5. The number of phenols is 1. The van der Waals surface area contributed by atoms with E-state index in [0.717, 1.165) is 61.3 Å². The third-order valence-electron chi connectivity index (χ3n) is 8.99. The molecule has 2 N–H and O–H groups in total. The maximum atomic E-state index is 13.5. The molecule has 2 heterocycles. The monoisotopic (exact) mass is 543 g/mol. The molecular weight excluding hydrogens is 501 g/mol. The number of likely N-dealkylation sites (tertiary alicyclic amines) is 1. The van der Waals surface area contributed by atoms with Gasteiger partial charge in [0.2, 0.25) is 11.8 Å². The van der Waals surface area contributed by atoms with E-state index < -0.39 is 7.12 Å². The molecule has 1 aliphatic carbocycles. The lowest BCUT2D eigenvalue weighted by atomic mass is 9.58. The van der Waals surface area contributed by atoms with Crippen LogP contribution in [0, 0.1) is 17.8 Å². The molecule has 0 unspecified atom stereocenters. The van der Waals surface area contributed by atoms with Gasteiger partial charge >= 0.3 is 7.12 Å². The van der Waals surface area contributed by atoms with Gasteiger partial charge in [-0.15, -0.1) is 0 Å². The molecule has 0 spiro atoms. The molecule has 7 heteroatoms. The number of fused-ring (bicyclic) bond motifs is 4. The molecule has 4 atom stereocenters. The zero-order valence-corrected chi connectivity index (χ0v) is 24.1. The fourth-order valence-corrected chi connectivity index (χ4v) is 7.37. The van der Waals surface area contributed by atoms with Crippen LogP contribution in [0.2, 0.25) is 6.32 Å². The summed E-state index contributed by atoms with van der Waals surface area (Å²) in [6, 6.07) is 11.6. The van der Waals surface area contributed by atoms with Crippen molar-refractivity contribution in [1.82, 2.24) is 4.90 Å². The van der Waals surface area contributed by atoms with Crippen LogP contribution in [0.1, 0.15) is 77.7 Å². The number of hydrogen-bond acceptors (Lipinski definition) is 5. The van der Waals surface area contributed by atoms with Gasteiger partial charge in [0.15, 0.2) is 0 Å². The van der Waals surface area contributed by atoms with Crippen molar-refractivity contribution in [1.29, 1.82) is 0 Å². The van der Waals surface area contributed by atoms with E-state index in [2.05, 4.69) is 19.9 Å². The summed E-state index contributed by atoms with van der Waals surface area (Å²) >= 11 is 0. The lowest BCUT2D eigenvalue weighted by Crippen LogP contribution is -2.46. The molecule has 0 radical (unpaired) electrons. The summed E-state index contributed by atoms with van der Waals surface area (Å²) in [4.78, 5) is 28.2. The summed E-state index contributed by atoms with van der Waals surface area (Å²) in [5, 5.41) is 23.0. The number of nitrogens with zero attached hydrogens (tertiary/aromatic N) is 1. The van der Waals surface area contributed by atoms with Crippen molar-refractivity contribution in [2.45, 2.75) is 84.6 Å². The largest absolute Gasteiger partial charge is 0.507 e. The Morgan fingerprint density at radius 3 is 2.50 bits per heavy atom. The van der Waals surface area contributed by atoms with Crippen LogP contribution in [0.15, 0.2) is 53.1 Å². The fourth-order valence-electron chi connectivity index (χ4n) is 7.37. The van der Waals surface area contributed by atoms with Gasteiger partial charge in [0.1, 0.15) is 5.75 Å². The maximum Gasteiger partial charge on any atom is 0.455 e. The minimum atomic E-state index is -0.942. The van der Waals surface area contributed by atoms with Crippen LogP contribution >= 0.6 is 0 Å². The molecule has 0 aromatic heterocycles. The predicted molar refractivity (Wildman–Crippen MR) is 159 cm³/mol. The molecule has 2 aliphatic heterocycles.